The fourth-order valence-corrected chi connectivity index (χ4v) is 3.88. The molecule has 0 radical (unpaired) electrons. The highest BCUT2D eigenvalue weighted by Gasteiger charge is 2.37. The molecule has 1 saturated heterocycles. The molecule has 2 aromatic carbocycles. The van der Waals surface area contributed by atoms with Crippen LogP contribution >= 0.6 is 28.1 Å². The number of amides is 2. The summed E-state index contributed by atoms with van der Waals surface area (Å²) < 4.78 is 0.872. The van der Waals surface area contributed by atoms with Gasteiger partial charge in [-0.25, -0.2) is 5.01 Å². The normalized spacial score (nSPS) is 20.7. The predicted molar refractivity (Wildman–Crippen MR) is 125 cm³/mol. The molecule has 0 bridgehead atoms. The average Bonchev–Trinajstić information content (AvgIpc) is 3.01. The van der Waals surface area contributed by atoms with Crippen molar-refractivity contribution in [2.45, 2.75) is 6.92 Å². The SMILES string of the molecule is C=C1C(/C=C2\C(=O)NC(=S)N(c3ccc(Br)cc3)C2=O)C(C)=NN1c1ccccc1. The molecule has 30 heavy (non-hydrogen) atoms. The number of hydrogen-bond acceptors (Lipinski definition) is 5. The van der Waals surface area contributed by atoms with Gasteiger partial charge in [-0.1, -0.05) is 46.8 Å². The third-order valence-corrected chi connectivity index (χ3v) is 5.67. The van der Waals surface area contributed by atoms with Crippen LogP contribution in [0.5, 0.6) is 0 Å². The second-order valence-electron chi connectivity index (χ2n) is 6.81. The first-order chi connectivity index (χ1) is 14.4. The molecule has 0 spiro atoms. The van der Waals surface area contributed by atoms with Crippen molar-refractivity contribution < 1.29 is 9.59 Å². The summed E-state index contributed by atoms with van der Waals surface area (Å²) in [7, 11) is 0. The maximum atomic E-state index is 13.2. The van der Waals surface area contributed by atoms with E-state index in [9.17, 15) is 9.59 Å². The van der Waals surface area contributed by atoms with Crippen molar-refractivity contribution in [2.24, 2.45) is 11.0 Å². The van der Waals surface area contributed by atoms with Gasteiger partial charge in [-0.3, -0.25) is 19.8 Å². The largest absolute Gasteiger partial charge is 0.298 e. The number of carbonyl (C=O) groups is 2. The zero-order chi connectivity index (χ0) is 21.4. The van der Waals surface area contributed by atoms with E-state index in [4.69, 9.17) is 12.2 Å². The van der Waals surface area contributed by atoms with E-state index in [0.717, 1.165) is 15.9 Å². The number of carbonyl (C=O) groups excluding carboxylic acids is 2. The van der Waals surface area contributed by atoms with Crippen LogP contribution in [0.2, 0.25) is 0 Å². The number of thiocarbonyl (C=S) groups is 1. The van der Waals surface area contributed by atoms with E-state index >= 15 is 0 Å². The fraction of sp³-hybridized carbons (Fsp3) is 0.0909. The number of allylic oxidation sites excluding steroid dienone is 1. The van der Waals surface area contributed by atoms with E-state index in [0.29, 0.717) is 11.4 Å². The van der Waals surface area contributed by atoms with Crippen molar-refractivity contribution >= 4 is 62.2 Å². The minimum absolute atomic E-state index is 0.00197. The maximum absolute atomic E-state index is 13.2. The van der Waals surface area contributed by atoms with Gasteiger partial charge in [-0.2, -0.15) is 5.10 Å². The Morgan fingerprint density at radius 2 is 1.77 bits per heavy atom. The molecule has 2 aliphatic rings. The lowest BCUT2D eigenvalue weighted by Crippen LogP contribution is -2.54. The lowest BCUT2D eigenvalue weighted by Gasteiger charge is -2.29. The number of rotatable bonds is 3. The van der Waals surface area contributed by atoms with Crippen LogP contribution in [0.15, 0.2) is 88.1 Å². The number of hydrogen-bond donors (Lipinski definition) is 1. The molecule has 1 N–H and O–H groups in total. The molecule has 8 heteroatoms. The van der Waals surface area contributed by atoms with E-state index in [1.807, 2.05) is 37.3 Å². The Labute approximate surface area is 187 Å². The molecule has 0 aromatic heterocycles. The summed E-state index contributed by atoms with van der Waals surface area (Å²) in [6, 6.07) is 16.7. The number of nitrogens with one attached hydrogen (secondary N) is 1. The summed E-state index contributed by atoms with van der Waals surface area (Å²) in [4.78, 5) is 27.1. The second-order valence-corrected chi connectivity index (χ2v) is 8.12. The predicted octanol–water partition coefficient (Wildman–Crippen LogP) is 4.15. The van der Waals surface area contributed by atoms with Crippen LogP contribution in [-0.4, -0.2) is 22.6 Å². The maximum Gasteiger partial charge on any atom is 0.269 e. The Hall–Kier alpha value is -3.10. The van der Waals surface area contributed by atoms with Crippen LogP contribution in [-0.2, 0) is 9.59 Å². The topological polar surface area (TPSA) is 65.0 Å². The van der Waals surface area contributed by atoms with Gasteiger partial charge in [0.15, 0.2) is 5.11 Å². The summed E-state index contributed by atoms with van der Waals surface area (Å²) >= 11 is 8.62. The zero-order valence-electron chi connectivity index (χ0n) is 16.0. The summed E-state index contributed by atoms with van der Waals surface area (Å²) in [5, 5.41) is 8.93. The van der Waals surface area contributed by atoms with E-state index in [1.54, 1.807) is 35.4 Å². The fourth-order valence-electron chi connectivity index (χ4n) is 3.34. The Balaban J connectivity index is 1.67. The average molecular weight is 481 g/mol. The highest BCUT2D eigenvalue weighted by atomic mass is 79.9. The van der Waals surface area contributed by atoms with Gasteiger partial charge in [-0.15, -0.1) is 0 Å². The minimum atomic E-state index is -0.530. The molecule has 2 aliphatic heterocycles. The highest BCUT2D eigenvalue weighted by Crippen LogP contribution is 2.32. The molecule has 0 saturated carbocycles. The third-order valence-electron chi connectivity index (χ3n) is 4.86. The third kappa shape index (κ3) is 3.59. The molecule has 1 fully saturated rings. The molecule has 0 aliphatic carbocycles. The van der Waals surface area contributed by atoms with Gasteiger partial charge < -0.3 is 0 Å². The molecular weight excluding hydrogens is 464 g/mol. The Morgan fingerprint density at radius 3 is 2.43 bits per heavy atom. The van der Waals surface area contributed by atoms with Crippen LogP contribution < -0.4 is 15.2 Å². The van der Waals surface area contributed by atoms with Crippen molar-refractivity contribution in [3.63, 3.8) is 0 Å². The van der Waals surface area contributed by atoms with E-state index in [2.05, 4.69) is 32.9 Å². The zero-order valence-corrected chi connectivity index (χ0v) is 18.4. The van der Waals surface area contributed by atoms with Crippen molar-refractivity contribution in [1.82, 2.24) is 5.32 Å². The molecule has 4 rings (SSSR count). The second kappa shape index (κ2) is 7.97. The van der Waals surface area contributed by atoms with E-state index in [-0.39, 0.29) is 16.6 Å². The minimum Gasteiger partial charge on any atom is -0.298 e. The van der Waals surface area contributed by atoms with Gasteiger partial charge in [0, 0.05) is 15.9 Å². The highest BCUT2D eigenvalue weighted by molar-refractivity contribution is 9.10. The van der Waals surface area contributed by atoms with Gasteiger partial charge in [0.1, 0.15) is 5.57 Å². The first-order valence-corrected chi connectivity index (χ1v) is 10.3. The summed E-state index contributed by atoms with van der Waals surface area (Å²) in [5.74, 6) is -1.39. The number of halogens is 1. The number of para-hydroxylation sites is 1. The monoisotopic (exact) mass is 480 g/mol. The van der Waals surface area contributed by atoms with Crippen LogP contribution in [0.1, 0.15) is 6.92 Å². The van der Waals surface area contributed by atoms with Crippen LogP contribution in [0, 0.1) is 5.92 Å². The first-order valence-electron chi connectivity index (χ1n) is 9.13. The van der Waals surface area contributed by atoms with Gasteiger partial charge in [0.25, 0.3) is 11.8 Å². The number of hydrazone groups is 1. The van der Waals surface area contributed by atoms with Crippen LogP contribution in [0.3, 0.4) is 0 Å². The summed E-state index contributed by atoms with van der Waals surface area (Å²) in [6.07, 6.45) is 1.61. The number of nitrogens with zero attached hydrogens (tertiary/aromatic N) is 3. The Bertz CT molecular complexity index is 1130. The quantitative estimate of drug-likeness (QED) is 0.407. The standard InChI is InChI=1S/C22H17BrN4O2S/c1-13-18(14(2)27(25-13)17-6-4-3-5-7-17)12-19-20(28)24-22(30)26(21(19)29)16-10-8-15(23)9-11-16/h3-12,18H,2H2,1H3,(H,24,28,30)/b19-12+. The van der Waals surface area contributed by atoms with Crippen LogP contribution in [0.25, 0.3) is 0 Å². The van der Waals surface area contributed by atoms with Crippen molar-refractivity contribution in [3.8, 4) is 0 Å². The summed E-state index contributed by atoms with van der Waals surface area (Å²) in [6.45, 7) is 5.99. The van der Waals surface area contributed by atoms with Crippen molar-refractivity contribution in [1.29, 1.82) is 0 Å². The first kappa shape index (κ1) is 20.2. The molecular formula is C22H17BrN4O2S. The summed E-state index contributed by atoms with van der Waals surface area (Å²) in [5.41, 5.74) is 2.83. The molecule has 1 atom stereocenters. The van der Waals surface area contributed by atoms with Crippen molar-refractivity contribution in [2.75, 3.05) is 9.91 Å². The number of benzene rings is 2. The van der Waals surface area contributed by atoms with Gasteiger partial charge in [-0.05, 0) is 55.5 Å². The van der Waals surface area contributed by atoms with Gasteiger partial charge in [0.05, 0.1) is 17.3 Å². The van der Waals surface area contributed by atoms with Crippen molar-refractivity contribution in [3.05, 3.63) is 83.0 Å². The molecule has 1 unspecified atom stereocenters. The lowest BCUT2D eigenvalue weighted by atomic mass is 9.97. The van der Waals surface area contributed by atoms with Gasteiger partial charge >= 0.3 is 0 Å². The molecule has 2 heterocycles. The van der Waals surface area contributed by atoms with Gasteiger partial charge in [0.2, 0.25) is 0 Å². The molecule has 150 valence electrons. The Morgan fingerprint density at radius 1 is 1.10 bits per heavy atom. The Kier molecular flexibility index (Phi) is 5.36. The van der Waals surface area contributed by atoms with E-state index < -0.39 is 11.8 Å². The molecule has 2 amide bonds. The smallest absolute Gasteiger partial charge is 0.269 e. The number of anilines is 2. The molecule has 2 aromatic rings. The lowest BCUT2D eigenvalue weighted by molar-refractivity contribution is -0.122. The van der Waals surface area contributed by atoms with E-state index in [1.165, 1.54) is 4.90 Å². The van der Waals surface area contributed by atoms with Crippen LogP contribution in [0.4, 0.5) is 11.4 Å². The molecule has 6 nitrogen and oxygen atoms in total.